The molecule has 74 valence electrons. The van der Waals surface area contributed by atoms with Crippen LogP contribution >= 0.6 is 0 Å². The SMILES string of the molecule is O=CCCCC(=O)Oc1ccccc1. The van der Waals surface area contributed by atoms with Gasteiger partial charge in [-0.3, -0.25) is 4.79 Å². The highest BCUT2D eigenvalue weighted by atomic mass is 16.5. The van der Waals surface area contributed by atoms with E-state index in [1.807, 2.05) is 6.07 Å². The maximum absolute atomic E-state index is 11.1. The van der Waals surface area contributed by atoms with Crippen LogP contribution in [0.2, 0.25) is 0 Å². The maximum Gasteiger partial charge on any atom is 0.311 e. The van der Waals surface area contributed by atoms with E-state index in [4.69, 9.17) is 4.74 Å². The zero-order valence-corrected chi connectivity index (χ0v) is 7.81. The number of hydrogen-bond acceptors (Lipinski definition) is 3. The second-order valence-electron chi connectivity index (χ2n) is 2.85. The summed E-state index contributed by atoms with van der Waals surface area (Å²) in [5.41, 5.74) is 0. The number of benzene rings is 1. The van der Waals surface area contributed by atoms with Gasteiger partial charge in [0.2, 0.25) is 0 Å². The molecule has 0 bridgehead atoms. The van der Waals surface area contributed by atoms with E-state index in [0.29, 0.717) is 18.6 Å². The number of carbonyl (C=O) groups is 2. The first-order chi connectivity index (χ1) is 6.83. The van der Waals surface area contributed by atoms with E-state index < -0.39 is 0 Å². The highest BCUT2D eigenvalue weighted by Gasteiger charge is 2.03. The summed E-state index contributed by atoms with van der Waals surface area (Å²) in [6, 6.07) is 8.89. The molecule has 0 aliphatic rings. The number of esters is 1. The maximum atomic E-state index is 11.1. The van der Waals surface area contributed by atoms with Crippen molar-refractivity contribution in [1.29, 1.82) is 0 Å². The molecule has 0 amide bonds. The van der Waals surface area contributed by atoms with E-state index in [1.165, 1.54) is 0 Å². The minimum absolute atomic E-state index is 0.285. The lowest BCUT2D eigenvalue weighted by Crippen LogP contribution is -2.07. The van der Waals surface area contributed by atoms with Crippen molar-refractivity contribution in [1.82, 2.24) is 0 Å². The fraction of sp³-hybridized carbons (Fsp3) is 0.273. The van der Waals surface area contributed by atoms with Crippen molar-refractivity contribution in [3.05, 3.63) is 30.3 Å². The lowest BCUT2D eigenvalue weighted by Gasteiger charge is -2.02. The molecule has 1 rings (SSSR count). The van der Waals surface area contributed by atoms with Crippen LogP contribution in [-0.2, 0) is 9.59 Å². The fourth-order valence-corrected chi connectivity index (χ4v) is 1.00. The number of ether oxygens (including phenoxy) is 1. The van der Waals surface area contributed by atoms with Crippen molar-refractivity contribution < 1.29 is 14.3 Å². The van der Waals surface area contributed by atoms with Crippen LogP contribution in [-0.4, -0.2) is 12.3 Å². The second-order valence-corrected chi connectivity index (χ2v) is 2.85. The molecule has 0 atom stereocenters. The van der Waals surface area contributed by atoms with Crippen LogP contribution in [0.4, 0.5) is 0 Å². The van der Waals surface area contributed by atoms with Crippen molar-refractivity contribution in [2.45, 2.75) is 19.3 Å². The Morgan fingerprint density at radius 3 is 2.64 bits per heavy atom. The summed E-state index contributed by atoms with van der Waals surface area (Å²) in [5.74, 6) is 0.252. The summed E-state index contributed by atoms with van der Waals surface area (Å²) in [7, 11) is 0. The Morgan fingerprint density at radius 1 is 1.29 bits per heavy atom. The van der Waals surface area contributed by atoms with E-state index in [1.54, 1.807) is 24.3 Å². The molecule has 3 nitrogen and oxygen atoms in total. The Bertz CT molecular complexity index is 293. The third-order valence-corrected chi connectivity index (χ3v) is 1.68. The number of hydrogen-bond donors (Lipinski definition) is 0. The van der Waals surface area contributed by atoms with Crippen molar-refractivity contribution in [3.8, 4) is 5.75 Å². The third kappa shape index (κ3) is 3.85. The Hall–Kier alpha value is -1.64. The Kier molecular flexibility index (Phi) is 4.41. The standard InChI is InChI=1S/C11H12O3/c12-9-5-4-8-11(13)14-10-6-2-1-3-7-10/h1-3,6-7,9H,4-5,8H2. The first-order valence-electron chi connectivity index (χ1n) is 4.52. The van der Waals surface area contributed by atoms with Crippen molar-refractivity contribution in [2.75, 3.05) is 0 Å². The highest BCUT2D eigenvalue weighted by molar-refractivity contribution is 5.72. The van der Waals surface area contributed by atoms with Gasteiger partial charge in [0.05, 0.1) is 0 Å². The summed E-state index contributed by atoms with van der Waals surface area (Å²) in [5, 5.41) is 0. The lowest BCUT2D eigenvalue weighted by atomic mass is 10.2. The Morgan fingerprint density at radius 2 is 2.00 bits per heavy atom. The first-order valence-corrected chi connectivity index (χ1v) is 4.52. The van der Waals surface area contributed by atoms with Gasteiger partial charge in [0.25, 0.3) is 0 Å². The van der Waals surface area contributed by atoms with Crippen LogP contribution < -0.4 is 4.74 Å². The number of rotatable bonds is 5. The molecule has 3 heteroatoms. The molecule has 1 aromatic carbocycles. The molecule has 14 heavy (non-hydrogen) atoms. The molecule has 0 heterocycles. The fourth-order valence-electron chi connectivity index (χ4n) is 1.00. The molecule has 0 aromatic heterocycles. The zero-order chi connectivity index (χ0) is 10.2. The van der Waals surface area contributed by atoms with Crippen LogP contribution in [0.5, 0.6) is 5.75 Å². The molecule has 1 aromatic rings. The molecule has 0 N–H and O–H groups in total. The van der Waals surface area contributed by atoms with Gasteiger partial charge in [0.15, 0.2) is 0 Å². The first kappa shape index (κ1) is 10.4. The number of para-hydroxylation sites is 1. The molecule has 0 saturated carbocycles. The summed E-state index contributed by atoms with van der Waals surface area (Å²) < 4.78 is 5.01. The number of aldehydes is 1. The normalized spacial score (nSPS) is 9.43. The molecule has 0 spiro atoms. The van der Waals surface area contributed by atoms with Gasteiger partial charge in [-0.15, -0.1) is 0 Å². The minimum Gasteiger partial charge on any atom is -0.427 e. The summed E-state index contributed by atoms with van der Waals surface area (Å²) >= 11 is 0. The third-order valence-electron chi connectivity index (χ3n) is 1.68. The van der Waals surface area contributed by atoms with E-state index in [-0.39, 0.29) is 12.4 Å². The van der Waals surface area contributed by atoms with E-state index in [2.05, 4.69) is 0 Å². The van der Waals surface area contributed by atoms with Crippen molar-refractivity contribution in [2.24, 2.45) is 0 Å². The van der Waals surface area contributed by atoms with Crippen molar-refractivity contribution >= 4 is 12.3 Å². The van der Waals surface area contributed by atoms with Gasteiger partial charge in [-0.05, 0) is 18.6 Å². The van der Waals surface area contributed by atoms with Gasteiger partial charge in [-0.1, -0.05) is 18.2 Å². The predicted molar refractivity (Wildman–Crippen MR) is 52.0 cm³/mol. The predicted octanol–water partition coefficient (Wildman–Crippen LogP) is 1.96. The van der Waals surface area contributed by atoms with Crippen LogP contribution in [0.25, 0.3) is 0 Å². The second kappa shape index (κ2) is 5.91. The molecular formula is C11H12O3. The molecule has 0 aliphatic carbocycles. The molecule has 0 unspecified atom stereocenters. The van der Waals surface area contributed by atoms with Crippen LogP contribution in [0.1, 0.15) is 19.3 Å². The zero-order valence-electron chi connectivity index (χ0n) is 7.81. The van der Waals surface area contributed by atoms with Crippen LogP contribution in [0.15, 0.2) is 30.3 Å². The van der Waals surface area contributed by atoms with Crippen LogP contribution in [0, 0.1) is 0 Å². The molecular weight excluding hydrogens is 180 g/mol. The quantitative estimate of drug-likeness (QED) is 0.310. The van der Waals surface area contributed by atoms with Gasteiger partial charge in [0, 0.05) is 12.8 Å². The minimum atomic E-state index is -0.293. The van der Waals surface area contributed by atoms with E-state index in [0.717, 1.165) is 6.29 Å². The number of carbonyl (C=O) groups excluding carboxylic acids is 2. The largest absolute Gasteiger partial charge is 0.427 e. The van der Waals surface area contributed by atoms with Gasteiger partial charge in [0.1, 0.15) is 12.0 Å². The van der Waals surface area contributed by atoms with Gasteiger partial charge < -0.3 is 9.53 Å². The van der Waals surface area contributed by atoms with E-state index >= 15 is 0 Å². The van der Waals surface area contributed by atoms with Gasteiger partial charge in [-0.2, -0.15) is 0 Å². The Labute approximate surface area is 82.7 Å². The number of unbranched alkanes of at least 4 members (excludes halogenated alkanes) is 1. The summed E-state index contributed by atoms with van der Waals surface area (Å²) in [4.78, 5) is 21.1. The average molecular weight is 192 g/mol. The smallest absolute Gasteiger partial charge is 0.311 e. The molecule has 0 fully saturated rings. The van der Waals surface area contributed by atoms with Crippen molar-refractivity contribution in [3.63, 3.8) is 0 Å². The van der Waals surface area contributed by atoms with E-state index in [9.17, 15) is 9.59 Å². The average Bonchev–Trinajstić information content (AvgIpc) is 2.20. The highest BCUT2D eigenvalue weighted by Crippen LogP contribution is 2.09. The summed E-state index contributed by atoms with van der Waals surface area (Å²) in [6.45, 7) is 0. The molecule has 0 radical (unpaired) electrons. The lowest BCUT2D eigenvalue weighted by molar-refractivity contribution is -0.134. The van der Waals surface area contributed by atoms with Crippen LogP contribution in [0.3, 0.4) is 0 Å². The Balaban J connectivity index is 2.31. The monoisotopic (exact) mass is 192 g/mol. The molecule has 0 aliphatic heterocycles. The summed E-state index contributed by atoms with van der Waals surface area (Å²) in [6.07, 6.45) is 2.04. The topological polar surface area (TPSA) is 43.4 Å². The molecule has 0 saturated heterocycles. The van der Waals surface area contributed by atoms with Gasteiger partial charge >= 0.3 is 5.97 Å². The van der Waals surface area contributed by atoms with Gasteiger partial charge in [-0.25, -0.2) is 0 Å².